The van der Waals surface area contributed by atoms with E-state index in [-0.39, 0.29) is 0 Å². The number of unbranched alkanes of at least 4 members (excludes halogenated alkanes) is 2. The van der Waals surface area contributed by atoms with Gasteiger partial charge in [-0.05, 0) is 67.1 Å². The van der Waals surface area contributed by atoms with Crippen molar-refractivity contribution in [2.75, 3.05) is 0 Å². The van der Waals surface area contributed by atoms with Crippen LogP contribution in [0.1, 0.15) is 119 Å². The normalized spacial score (nSPS) is 28.2. The van der Waals surface area contributed by atoms with Gasteiger partial charge in [0.25, 0.3) is 0 Å². The van der Waals surface area contributed by atoms with Crippen LogP contribution in [0.5, 0.6) is 0 Å². The first kappa shape index (κ1) is 21.4. The second-order valence-corrected chi connectivity index (χ2v) is 9.60. The smallest absolute Gasteiger partial charge is 0.335 e. The van der Waals surface area contributed by atoms with Crippen molar-refractivity contribution in [1.29, 1.82) is 0 Å². The molecule has 28 heavy (non-hydrogen) atoms. The Kier molecular flexibility index (Phi) is 8.43. The molecule has 0 heterocycles. The van der Waals surface area contributed by atoms with Crippen LogP contribution < -0.4 is 0 Å². The summed E-state index contributed by atoms with van der Waals surface area (Å²) >= 11 is 0. The minimum absolute atomic E-state index is 0.400. The van der Waals surface area contributed by atoms with Gasteiger partial charge in [0.15, 0.2) is 0 Å². The Morgan fingerprint density at radius 2 is 1.29 bits per heavy atom. The Hall–Kier alpha value is -1.31. The molecule has 0 aromatic heterocycles. The number of hydrogen-bond donors (Lipinski definition) is 1. The lowest BCUT2D eigenvalue weighted by molar-refractivity contribution is 0.0697. The molecule has 3 rings (SSSR count). The molecule has 2 saturated carbocycles. The van der Waals surface area contributed by atoms with Gasteiger partial charge in [0.05, 0.1) is 5.56 Å². The van der Waals surface area contributed by atoms with Gasteiger partial charge in [-0.3, -0.25) is 0 Å². The highest BCUT2D eigenvalue weighted by Crippen LogP contribution is 2.40. The van der Waals surface area contributed by atoms with Gasteiger partial charge in [-0.1, -0.05) is 83.3 Å². The summed E-state index contributed by atoms with van der Waals surface area (Å²) in [5.41, 5.74) is 1.74. The molecule has 1 aromatic carbocycles. The van der Waals surface area contributed by atoms with Crippen molar-refractivity contribution in [3.05, 3.63) is 35.4 Å². The van der Waals surface area contributed by atoms with E-state index in [4.69, 9.17) is 5.11 Å². The lowest BCUT2D eigenvalue weighted by Gasteiger charge is -2.32. The Balaban J connectivity index is 1.32. The molecule has 2 aliphatic rings. The number of carboxylic acid groups (broad SMARTS) is 1. The van der Waals surface area contributed by atoms with Crippen molar-refractivity contribution in [3.63, 3.8) is 0 Å². The monoisotopic (exact) mass is 384 g/mol. The van der Waals surface area contributed by atoms with E-state index >= 15 is 0 Å². The first-order chi connectivity index (χ1) is 13.7. The molecule has 0 aliphatic heterocycles. The second kappa shape index (κ2) is 11.0. The number of carboxylic acids is 1. The summed E-state index contributed by atoms with van der Waals surface area (Å²) in [6.45, 7) is 2.30. The summed E-state index contributed by atoms with van der Waals surface area (Å²) in [5, 5.41) is 9.05. The summed E-state index contributed by atoms with van der Waals surface area (Å²) < 4.78 is 0. The van der Waals surface area contributed by atoms with E-state index in [1.54, 1.807) is 12.1 Å². The fourth-order valence-corrected chi connectivity index (χ4v) is 5.65. The van der Waals surface area contributed by atoms with Crippen LogP contribution >= 0.6 is 0 Å². The fourth-order valence-electron chi connectivity index (χ4n) is 5.65. The summed E-state index contributed by atoms with van der Waals surface area (Å²) in [6, 6.07) is 7.60. The topological polar surface area (TPSA) is 37.3 Å². The van der Waals surface area contributed by atoms with Crippen LogP contribution in [0.3, 0.4) is 0 Å². The predicted molar refractivity (Wildman–Crippen MR) is 117 cm³/mol. The fraction of sp³-hybridized carbons (Fsp3) is 0.731. The second-order valence-electron chi connectivity index (χ2n) is 9.60. The van der Waals surface area contributed by atoms with E-state index in [1.807, 2.05) is 12.1 Å². The number of hydrogen-bond acceptors (Lipinski definition) is 1. The van der Waals surface area contributed by atoms with Crippen molar-refractivity contribution in [2.45, 2.75) is 103 Å². The summed E-state index contributed by atoms with van der Waals surface area (Å²) in [6.07, 6.45) is 19.9. The number of rotatable bonds is 9. The third kappa shape index (κ3) is 6.36. The van der Waals surface area contributed by atoms with Crippen molar-refractivity contribution in [2.24, 2.45) is 17.8 Å². The molecular formula is C26H40O2. The maximum absolute atomic E-state index is 11.0. The van der Waals surface area contributed by atoms with Crippen LogP contribution in [-0.4, -0.2) is 11.1 Å². The molecule has 1 N–H and O–H groups in total. The number of carbonyl (C=O) groups is 1. The van der Waals surface area contributed by atoms with Gasteiger partial charge in [-0.25, -0.2) is 4.79 Å². The van der Waals surface area contributed by atoms with Gasteiger partial charge in [0.2, 0.25) is 0 Å². The van der Waals surface area contributed by atoms with Gasteiger partial charge >= 0.3 is 5.97 Å². The average molecular weight is 385 g/mol. The van der Waals surface area contributed by atoms with E-state index in [0.717, 1.165) is 17.8 Å². The highest BCUT2D eigenvalue weighted by atomic mass is 16.4. The summed E-state index contributed by atoms with van der Waals surface area (Å²) in [7, 11) is 0. The summed E-state index contributed by atoms with van der Waals surface area (Å²) in [4.78, 5) is 11.0. The minimum atomic E-state index is -0.828. The Bertz CT molecular complexity index is 575. The van der Waals surface area contributed by atoms with Crippen LogP contribution in [0.15, 0.2) is 24.3 Å². The van der Waals surface area contributed by atoms with Gasteiger partial charge in [0, 0.05) is 0 Å². The molecule has 2 aliphatic carbocycles. The van der Waals surface area contributed by atoms with E-state index in [9.17, 15) is 4.79 Å². The lowest BCUT2D eigenvalue weighted by atomic mass is 9.74. The Morgan fingerprint density at radius 1 is 0.786 bits per heavy atom. The highest BCUT2D eigenvalue weighted by Gasteiger charge is 2.25. The molecule has 156 valence electrons. The summed E-state index contributed by atoms with van der Waals surface area (Å²) in [5.74, 6) is 2.77. The maximum atomic E-state index is 11.0. The van der Waals surface area contributed by atoms with Crippen LogP contribution in [-0.2, 0) is 0 Å². The van der Waals surface area contributed by atoms with Crippen molar-refractivity contribution in [1.82, 2.24) is 0 Å². The SMILES string of the molecule is CCCCC[C@H]1CC[C@H](CCC2CCC(c3ccc(C(=O)O)cc3)CC2)CC1. The first-order valence-electron chi connectivity index (χ1n) is 12.0. The van der Waals surface area contributed by atoms with E-state index in [0.29, 0.717) is 11.5 Å². The zero-order chi connectivity index (χ0) is 19.8. The molecule has 0 spiro atoms. The zero-order valence-corrected chi connectivity index (χ0v) is 17.9. The van der Waals surface area contributed by atoms with E-state index in [2.05, 4.69) is 6.92 Å². The van der Waals surface area contributed by atoms with Gasteiger partial charge in [-0.15, -0.1) is 0 Å². The highest BCUT2D eigenvalue weighted by molar-refractivity contribution is 5.87. The molecule has 0 bridgehead atoms. The van der Waals surface area contributed by atoms with Crippen molar-refractivity contribution in [3.8, 4) is 0 Å². The van der Waals surface area contributed by atoms with Gasteiger partial charge < -0.3 is 5.11 Å². The van der Waals surface area contributed by atoms with Crippen LogP contribution in [0, 0.1) is 17.8 Å². The zero-order valence-electron chi connectivity index (χ0n) is 17.9. The predicted octanol–water partition coefficient (Wildman–Crippen LogP) is 7.83. The number of benzene rings is 1. The standard InChI is InChI=1S/C26H40O2/c1-2-3-4-5-20-6-8-21(9-7-20)10-11-22-12-14-23(15-13-22)24-16-18-25(19-17-24)26(27)28/h16-23H,2-15H2,1H3,(H,27,28)/t20-,21-,22?,23?. The molecular weight excluding hydrogens is 344 g/mol. The molecule has 0 radical (unpaired) electrons. The maximum Gasteiger partial charge on any atom is 0.335 e. The Morgan fingerprint density at radius 3 is 1.79 bits per heavy atom. The van der Waals surface area contributed by atoms with Crippen LogP contribution in [0.4, 0.5) is 0 Å². The molecule has 2 fully saturated rings. The molecule has 1 aromatic rings. The van der Waals surface area contributed by atoms with E-state index in [1.165, 1.54) is 95.5 Å². The quantitative estimate of drug-likeness (QED) is 0.440. The van der Waals surface area contributed by atoms with Crippen LogP contribution in [0.2, 0.25) is 0 Å². The molecule has 2 heteroatoms. The van der Waals surface area contributed by atoms with Crippen molar-refractivity contribution < 1.29 is 9.90 Å². The van der Waals surface area contributed by atoms with Crippen molar-refractivity contribution >= 4 is 5.97 Å². The van der Waals surface area contributed by atoms with Crippen LogP contribution in [0.25, 0.3) is 0 Å². The van der Waals surface area contributed by atoms with Gasteiger partial charge in [0.1, 0.15) is 0 Å². The molecule has 2 nitrogen and oxygen atoms in total. The number of aromatic carboxylic acids is 1. The third-order valence-corrected chi connectivity index (χ3v) is 7.64. The first-order valence-corrected chi connectivity index (χ1v) is 12.0. The lowest BCUT2D eigenvalue weighted by Crippen LogP contribution is -2.18. The average Bonchev–Trinajstić information content (AvgIpc) is 2.74. The minimum Gasteiger partial charge on any atom is -0.478 e. The van der Waals surface area contributed by atoms with E-state index < -0.39 is 5.97 Å². The Labute approximate surface area is 172 Å². The largest absolute Gasteiger partial charge is 0.478 e. The molecule has 0 atom stereocenters. The molecule has 0 saturated heterocycles. The molecule has 0 unspecified atom stereocenters. The van der Waals surface area contributed by atoms with Gasteiger partial charge in [-0.2, -0.15) is 0 Å². The third-order valence-electron chi connectivity index (χ3n) is 7.64. The molecule has 0 amide bonds.